The van der Waals surface area contributed by atoms with Crippen molar-refractivity contribution < 1.29 is 4.79 Å². The Kier molecular flexibility index (Phi) is 3.97. The van der Waals surface area contributed by atoms with Crippen LogP contribution in [0.25, 0.3) is 0 Å². The average Bonchev–Trinajstić information content (AvgIpc) is 2.91. The summed E-state index contributed by atoms with van der Waals surface area (Å²) in [6.07, 6.45) is 5.28. The van der Waals surface area contributed by atoms with E-state index in [9.17, 15) is 4.79 Å². The zero-order valence-corrected chi connectivity index (χ0v) is 11.8. The van der Waals surface area contributed by atoms with Gasteiger partial charge in [0.1, 0.15) is 0 Å². The van der Waals surface area contributed by atoms with Crippen molar-refractivity contribution in [2.75, 3.05) is 5.75 Å². The summed E-state index contributed by atoms with van der Waals surface area (Å²) in [7, 11) is 2.02. The molecule has 0 amide bonds. The molecule has 1 fully saturated rings. The van der Waals surface area contributed by atoms with Gasteiger partial charge in [0.15, 0.2) is 5.78 Å². The number of aromatic nitrogens is 1. The van der Waals surface area contributed by atoms with E-state index in [0.29, 0.717) is 11.5 Å². The molecule has 1 saturated carbocycles. The minimum atomic E-state index is 0.295. The third-order valence-corrected chi connectivity index (χ3v) is 5.20. The summed E-state index contributed by atoms with van der Waals surface area (Å²) >= 11 is 1.85. The Morgan fingerprint density at radius 1 is 1.41 bits per heavy atom. The van der Waals surface area contributed by atoms with Crippen molar-refractivity contribution >= 4 is 17.5 Å². The van der Waals surface area contributed by atoms with Crippen molar-refractivity contribution in [3.05, 3.63) is 23.0 Å². The highest BCUT2D eigenvalue weighted by molar-refractivity contribution is 8.00. The molecule has 0 unspecified atom stereocenters. The molecule has 17 heavy (non-hydrogen) atoms. The third kappa shape index (κ3) is 2.76. The highest BCUT2D eigenvalue weighted by Crippen LogP contribution is 2.30. The van der Waals surface area contributed by atoms with Crippen LogP contribution in [-0.2, 0) is 7.05 Å². The number of Topliss-reactive ketones (excluding diaryl/α,β-unsaturated/α-hetero) is 1. The predicted molar refractivity (Wildman–Crippen MR) is 73.9 cm³/mol. The van der Waals surface area contributed by atoms with Gasteiger partial charge >= 0.3 is 0 Å². The van der Waals surface area contributed by atoms with Crippen molar-refractivity contribution in [1.29, 1.82) is 0 Å². The van der Waals surface area contributed by atoms with Crippen molar-refractivity contribution in [2.24, 2.45) is 7.05 Å². The molecule has 0 aromatic carbocycles. The molecular formula is C14H21NOS. The molecule has 0 radical (unpaired) electrons. The smallest absolute Gasteiger partial charge is 0.174 e. The van der Waals surface area contributed by atoms with Crippen molar-refractivity contribution in [3.63, 3.8) is 0 Å². The molecule has 0 N–H and O–H groups in total. The zero-order valence-electron chi connectivity index (χ0n) is 11.0. The maximum atomic E-state index is 12.2. The number of carbonyl (C=O) groups excluding carboxylic acids is 1. The standard InChI is InChI=1S/C14H21NOS/c1-10-8-13(11(2)15(10)3)14(16)9-17-12-6-4-5-7-12/h8,12H,4-7,9H2,1-3H3. The Balaban J connectivity index is 1.96. The van der Waals surface area contributed by atoms with Crippen LogP contribution in [0.5, 0.6) is 0 Å². The largest absolute Gasteiger partial charge is 0.351 e. The molecule has 1 aromatic heterocycles. The van der Waals surface area contributed by atoms with E-state index >= 15 is 0 Å². The summed E-state index contributed by atoms with van der Waals surface area (Å²) in [5.41, 5.74) is 3.17. The number of thioether (sulfide) groups is 1. The molecule has 0 bridgehead atoms. The van der Waals surface area contributed by atoms with Gasteiger partial charge in [-0.1, -0.05) is 12.8 Å². The van der Waals surface area contributed by atoms with Crippen LogP contribution in [-0.4, -0.2) is 21.4 Å². The Hall–Kier alpha value is -0.700. The lowest BCUT2D eigenvalue weighted by atomic mass is 10.2. The first-order valence-electron chi connectivity index (χ1n) is 6.37. The van der Waals surface area contributed by atoms with Crippen molar-refractivity contribution in [2.45, 2.75) is 44.8 Å². The Labute approximate surface area is 108 Å². The van der Waals surface area contributed by atoms with E-state index in [-0.39, 0.29) is 0 Å². The first-order valence-corrected chi connectivity index (χ1v) is 7.42. The molecule has 0 aliphatic heterocycles. The first kappa shape index (κ1) is 12.7. The van der Waals surface area contributed by atoms with Gasteiger partial charge in [0, 0.05) is 29.2 Å². The van der Waals surface area contributed by atoms with E-state index in [2.05, 4.69) is 4.57 Å². The summed E-state index contributed by atoms with van der Waals surface area (Å²) in [6, 6.07) is 2.02. The van der Waals surface area contributed by atoms with E-state index in [1.807, 2.05) is 38.7 Å². The van der Waals surface area contributed by atoms with Gasteiger partial charge in [0.05, 0.1) is 5.75 Å². The van der Waals surface area contributed by atoms with Gasteiger partial charge in [-0.15, -0.1) is 0 Å². The molecule has 1 aliphatic carbocycles. The van der Waals surface area contributed by atoms with Crippen LogP contribution in [0.3, 0.4) is 0 Å². The second-order valence-corrected chi connectivity index (χ2v) is 6.27. The first-order chi connectivity index (χ1) is 8.09. The van der Waals surface area contributed by atoms with Gasteiger partial charge in [-0.3, -0.25) is 4.79 Å². The fraction of sp³-hybridized carbons (Fsp3) is 0.643. The van der Waals surface area contributed by atoms with E-state index in [4.69, 9.17) is 0 Å². The van der Waals surface area contributed by atoms with Crippen LogP contribution in [0.15, 0.2) is 6.07 Å². The summed E-state index contributed by atoms with van der Waals surface area (Å²) in [4.78, 5) is 12.2. The minimum absolute atomic E-state index is 0.295. The molecule has 1 aliphatic rings. The minimum Gasteiger partial charge on any atom is -0.351 e. The second-order valence-electron chi connectivity index (χ2n) is 4.98. The molecule has 0 saturated heterocycles. The maximum absolute atomic E-state index is 12.2. The van der Waals surface area contributed by atoms with Gasteiger partial charge in [-0.2, -0.15) is 11.8 Å². The SMILES string of the molecule is Cc1cc(C(=O)CSC2CCCC2)c(C)n1C. The summed E-state index contributed by atoms with van der Waals surface area (Å²) in [6.45, 7) is 4.08. The van der Waals surface area contributed by atoms with Crippen LogP contribution >= 0.6 is 11.8 Å². The second kappa shape index (κ2) is 5.30. The lowest BCUT2D eigenvalue weighted by molar-refractivity contribution is 0.102. The van der Waals surface area contributed by atoms with Crippen LogP contribution in [0, 0.1) is 13.8 Å². The molecule has 0 atom stereocenters. The highest BCUT2D eigenvalue weighted by atomic mass is 32.2. The van der Waals surface area contributed by atoms with Crippen LogP contribution in [0.2, 0.25) is 0 Å². The summed E-state index contributed by atoms with van der Waals surface area (Å²) in [5, 5.41) is 0.726. The normalized spacial score (nSPS) is 16.6. The number of aryl methyl sites for hydroxylation is 1. The van der Waals surface area contributed by atoms with Gasteiger partial charge in [-0.05, 0) is 32.8 Å². The van der Waals surface area contributed by atoms with Crippen molar-refractivity contribution in [1.82, 2.24) is 4.57 Å². The predicted octanol–water partition coefficient (Wildman–Crippen LogP) is 3.50. The molecule has 2 nitrogen and oxygen atoms in total. The molecule has 0 spiro atoms. The molecule has 3 heteroatoms. The van der Waals surface area contributed by atoms with Gasteiger partial charge in [0.2, 0.25) is 0 Å². The fourth-order valence-electron chi connectivity index (χ4n) is 2.46. The van der Waals surface area contributed by atoms with E-state index in [0.717, 1.165) is 22.2 Å². The molecule has 1 aromatic rings. The molecule has 1 heterocycles. The number of hydrogen-bond acceptors (Lipinski definition) is 2. The Morgan fingerprint density at radius 2 is 2.06 bits per heavy atom. The van der Waals surface area contributed by atoms with Crippen LogP contribution < -0.4 is 0 Å². The number of ketones is 1. The van der Waals surface area contributed by atoms with Crippen LogP contribution in [0.4, 0.5) is 0 Å². The van der Waals surface area contributed by atoms with Gasteiger partial charge in [-0.25, -0.2) is 0 Å². The number of hydrogen-bond donors (Lipinski definition) is 0. The van der Waals surface area contributed by atoms with Crippen LogP contribution in [0.1, 0.15) is 47.4 Å². The number of rotatable bonds is 4. The van der Waals surface area contributed by atoms with E-state index < -0.39 is 0 Å². The van der Waals surface area contributed by atoms with E-state index in [1.165, 1.54) is 25.7 Å². The molecule has 2 rings (SSSR count). The Bertz CT molecular complexity index is 416. The van der Waals surface area contributed by atoms with Gasteiger partial charge < -0.3 is 4.57 Å². The van der Waals surface area contributed by atoms with Crippen molar-refractivity contribution in [3.8, 4) is 0 Å². The van der Waals surface area contributed by atoms with E-state index in [1.54, 1.807) is 0 Å². The maximum Gasteiger partial charge on any atom is 0.174 e. The summed E-state index contributed by atoms with van der Waals surface area (Å²) < 4.78 is 2.09. The number of nitrogens with zero attached hydrogens (tertiary/aromatic N) is 1. The quantitative estimate of drug-likeness (QED) is 0.764. The highest BCUT2D eigenvalue weighted by Gasteiger charge is 2.19. The number of carbonyl (C=O) groups is 1. The Morgan fingerprint density at radius 3 is 2.59 bits per heavy atom. The molecule has 94 valence electrons. The third-order valence-electron chi connectivity index (χ3n) is 3.83. The monoisotopic (exact) mass is 251 g/mol. The average molecular weight is 251 g/mol. The summed E-state index contributed by atoms with van der Waals surface area (Å²) in [5.74, 6) is 0.942. The zero-order chi connectivity index (χ0) is 12.4. The fourth-order valence-corrected chi connectivity index (χ4v) is 3.67. The lowest BCUT2D eigenvalue weighted by Crippen LogP contribution is -2.07. The molecular weight excluding hydrogens is 230 g/mol. The lowest BCUT2D eigenvalue weighted by Gasteiger charge is -2.07. The topological polar surface area (TPSA) is 22.0 Å². The van der Waals surface area contributed by atoms with Gasteiger partial charge in [0.25, 0.3) is 0 Å².